The quantitative estimate of drug-likeness (QED) is 0.607. The van der Waals surface area contributed by atoms with Crippen LogP contribution in [0, 0.1) is 23.2 Å². The van der Waals surface area contributed by atoms with Gasteiger partial charge in [-0.05, 0) is 18.2 Å². The number of hydrogen-bond acceptors (Lipinski definition) is 2. The van der Waals surface area contributed by atoms with Gasteiger partial charge in [0, 0.05) is 17.3 Å². The third-order valence-electron chi connectivity index (χ3n) is 1.77. The molecule has 0 atom stereocenters. The van der Waals surface area contributed by atoms with E-state index in [1.165, 1.54) is 0 Å². The van der Waals surface area contributed by atoms with Gasteiger partial charge in [-0.2, -0.15) is 5.26 Å². The summed E-state index contributed by atoms with van der Waals surface area (Å²) in [5.74, 6) is 6.58. The zero-order chi connectivity index (χ0) is 11.1. The molecule has 0 fully saturated rings. The fourth-order valence-corrected chi connectivity index (χ4v) is 1.27. The molecule has 0 spiro atoms. The molecule has 3 heteroatoms. The first-order chi connectivity index (χ1) is 7.31. The lowest BCUT2D eigenvalue weighted by Gasteiger charge is -2.01. The predicted octanol–water partition coefficient (Wildman–Crippen LogP) is 2.70. The lowest BCUT2D eigenvalue weighted by Crippen LogP contribution is -1.88. The minimum absolute atomic E-state index is 0.531. The minimum atomic E-state index is 0.531. The molecular weight excluding hydrogens is 254 g/mol. The number of hydrogen-bond donors (Lipinski definition) is 0. The highest BCUT2D eigenvalue weighted by atomic mass is 79.9. The van der Waals surface area contributed by atoms with Crippen molar-refractivity contribution in [3.8, 4) is 23.7 Å². The fraction of sp³-hybridized carbons (Fsp3) is 0.250. The van der Waals surface area contributed by atoms with Crippen LogP contribution in [0.4, 0.5) is 0 Å². The first-order valence-electron chi connectivity index (χ1n) is 4.44. The van der Waals surface area contributed by atoms with E-state index in [1.54, 1.807) is 19.2 Å². The number of nitriles is 1. The summed E-state index contributed by atoms with van der Waals surface area (Å²) in [6, 6.07) is 7.38. The van der Waals surface area contributed by atoms with E-state index < -0.39 is 0 Å². The van der Waals surface area contributed by atoms with Gasteiger partial charge < -0.3 is 4.74 Å². The minimum Gasteiger partial charge on any atom is -0.495 e. The van der Waals surface area contributed by atoms with Gasteiger partial charge >= 0.3 is 0 Å². The summed E-state index contributed by atoms with van der Waals surface area (Å²) in [6.45, 7) is 0. The monoisotopic (exact) mass is 263 g/mol. The van der Waals surface area contributed by atoms with Crippen LogP contribution < -0.4 is 4.74 Å². The van der Waals surface area contributed by atoms with Crippen molar-refractivity contribution in [2.75, 3.05) is 12.4 Å². The zero-order valence-electron chi connectivity index (χ0n) is 8.38. The Labute approximate surface area is 98.0 Å². The summed E-state index contributed by atoms with van der Waals surface area (Å²) >= 11 is 3.30. The van der Waals surface area contributed by atoms with Crippen LogP contribution in [0.25, 0.3) is 0 Å². The molecule has 0 saturated heterocycles. The van der Waals surface area contributed by atoms with Gasteiger partial charge in [0.1, 0.15) is 11.8 Å². The van der Waals surface area contributed by atoms with E-state index in [4.69, 9.17) is 10.00 Å². The van der Waals surface area contributed by atoms with Gasteiger partial charge in [-0.1, -0.05) is 27.8 Å². The maximum absolute atomic E-state index is 8.78. The number of alkyl halides is 1. The normalized spacial score (nSPS) is 8.60. The van der Waals surface area contributed by atoms with Crippen molar-refractivity contribution < 1.29 is 4.74 Å². The van der Waals surface area contributed by atoms with Gasteiger partial charge in [0.25, 0.3) is 0 Å². The van der Waals surface area contributed by atoms with Crippen LogP contribution in [0.3, 0.4) is 0 Å². The largest absolute Gasteiger partial charge is 0.495 e. The van der Waals surface area contributed by atoms with Crippen molar-refractivity contribution in [1.82, 2.24) is 0 Å². The third-order valence-corrected chi connectivity index (χ3v) is 2.17. The van der Waals surface area contributed by atoms with Crippen LogP contribution in [0.1, 0.15) is 17.5 Å². The summed E-state index contributed by atoms with van der Waals surface area (Å²) in [4.78, 5) is 0. The summed E-state index contributed by atoms with van der Waals surface area (Å²) in [5, 5.41) is 9.65. The highest BCUT2D eigenvalue weighted by molar-refractivity contribution is 9.09. The molecule has 1 aromatic carbocycles. The Hall–Kier alpha value is -1.45. The molecule has 0 aromatic heterocycles. The Balaban J connectivity index is 2.96. The first kappa shape index (κ1) is 11.6. The molecule has 0 unspecified atom stereocenters. The number of benzene rings is 1. The maximum atomic E-state index is 8.78. The molecule has 1 rings (SSSR count). The fourth-order valence-electron chi connectivity index (χ4n) is 1.07. The van der Waals surface area contributed by atoms with Crippen molar-refractivity contribution in [1.29, 1.82) is 5.26 Å². The third kappa shape index (κ3) is 3.31. The molecule has 0 N–H and O–H groups in total. The molecule has 0 radical (unpaired) electrons. The molecule has 0 saturated carbocycles. The lowest BCUT2D eigenvalue weighted by molar-refractivity contribution is 0.413. The average Bonchev–Trinajstić information content (AvgIpc) is 2.29. The SMILES string of the molecule is COc1cc(C#CCCBr)ccc1C#N. The van der Waals surface area contributed by atoms with Gasteiger partial charge in [-0.25, -0.2) is 0 Å². The second-order valence-electron chi connectivity index (χ2n) is 2.77. The topological polar surface area (TPSA) is 33.0 Å². The van der Waals surface area contributed by atoms with E-state index in [9.17, 15) is 0 Å². The molecule has 2 nitrogen and oxygen atoms in total. The standard InChI is InChI=1S/C12H10BrNO/c1-15-12-8-10(4-2-3-7-13)5-6-11(12)9-14/h5-6,8H,3,7H2,1H3. The molecule has 0 aliphatic rings. The molecule has 0 aliphatic carbocycles. The summed E-state index contributed by atoms with van der Waals surface area (Å²) in [7, 11) is 1.55. The molecule has 0 amide bonds. The van der Waals surface area contributed by atoms with Gasteiger partial charge in [-0.15, -0.1) is 0 Å². The highest BCUT2D eigenvalue weighted by Crippen LogP contribution is 2.18. The molecular formula is C12H10BrNO. The van der Waals surface area contributed by atoms with Crippen LogP contribution in [0.15, 0.2) is 18.2 Å². The molecule has 0 aliphatic heterocycles. The Bertz CT molecular complexity index is 437. The van der Waals surface area contributed by atoms with Crippen molar-refractivity contribution in [2.24, 2.45) is 0 Å². The van der Waals surface area contributed by atoms with Gasteiger partial charge in [0.05, 0.1) is 12.7 Å². The van der Waals surface area contributed by atoms with E-state index in [0.717, 1.165) is 17.3 Å². The number of rotatable bonds is 2. The average molecular weight is 264 g/mol. The lowest BCUT2D eigenvalue weighted by atomic mass is 10.1. The summed E-state index contributed by atoms with van der Waals surface area (Å²) in [6.07, 6.45) is 0.808. The van der Waals surface area contributed by atoms with Crippen molar-refractivity contribution in [2.45, 2.75) is 6.42 Å². The van der Waals surface area contributed by atoms with E-state index in [-0.39, 0.29) is 0 Å². The Morgan fingerprint density at radius 3 is 2.87 bits per heavy atom. The van der Waals surface area contributed by atoms with Crippen molar-refractivity contribution in [3.05, 3.63) is 29.3 Å². The van der Waals surface area contributed by atoms with Crippen LogP contribution >= 0.6 is 15.9 Å². The molecule has 1 aromatic rings. The van der Waals surface area contributed by atoms with E-state index in [1.807, 2.05) is 6.07 Å². The van der Waals surface area contributed by atoms with Crippen LogP contribution in [0.5, 0.6) is 5.75 Å². The second kappa shape index (κ2) is 6.11. The highest BCUT2D eigenvalue weighted by Gasteiger charge is 2.01. The second-order valence-corrected chi connectivity index (χ2v) is 3.56. The first-order valence-corrected chi connectivity index (χ1v) is 5.57. The molecule has 15 heavy (non-hydrogen) atoms. The van der Waals surface area contributed by atoms with Crippen LogP contribution in [0.2, 0.25) is 0 Å². The Morgan fingerprint density at radius 1 is 1.47 bits per heavy atom. The summed E-state index contributed by atoms with van der Waals surface area (Å²) < 4.78 is 5.08. The Morgan fingerprint density at radius 2 is 2.27 bits per heavy atom. The van der Waals surface area contributed by atoms with E-state index in [2.05, 4.69) is 33.8 Å². The Kier molecular flexibility index (Phi) is 4.74. The number of methoxy groups -OCH3 is 1. The van der Waals surface area contributed by atoms with E-state index in [0.29, 0.717) is 11.3 Å². The van der Waals surface area contributed by atoms with Gasteiger partial charge in [0.15, 0.2) is 0 Å². The maximum Gasteiger partial charge on any atom is 0.137 e. The van der Waals surface area contributed by atoms with E-state index >= 15 is 0 Å². The van der Waals surface area contributed by atoms with Gasteiger partial charge in [-0.3, -0.25) is 0 Å². The predicted molar refractivity (Wildman–Crippen MR) is 63.0 cm³/mol. The number of nitrogens with zero attached hydrogens (tertiary/aromatic N) is 1. The van der Waals surface area contributed by atoms with Crippen molar-refractivity contribution in [3.63, 3.8) is 0 Å². The van der Waals surface area contributed by atoms with Gasteiger partial charge in [0.2, 0.25) is 0 Å². The molecule has 76 valence electrons. The number of ether oxygens (including phenoxy) is 1. The molecule has 0 bridgehead atoms. The molecule has 0 heterocycles. The summed E-state index contributed by atoms with van der Waals surface area (Å²) in [5.41, 5.74) is 1.40. The number of halogens is 1. The zero-order valence-corrected chi connectivity index (χ0v) is 9.97. The smallest absolute Gasteiger partial charge is 0.137 e. The van der Waals surface area contributed by atoms with Crippen molar-refractivity contribution >= 4 is 15.9 Å². The van der Waals surface area contributed by atoms with Crippen LogP contribution in [-0.2, 0) is 0 Å². The van der Waals surface area contributed by atoms with Crippen LogP contribution in [-0.4, -0.2) is 12.4 Å².